The summed E-state index contributed by atoms with van der Waals surface area (Å²) in [5.41, 5.74) is 1.65. The third-order valence-corrected chi connectivity index (χ3v) is 4.64. The number of hydrogen-bond acceptors (Lipinski definition) is 4. The van der Waals surface area contributed by atoms with E-state index in [1.807, 2.05) is 18.2 Å². The predicted molar refractivity (Wildman–Crippen MR) is 86.1 cm³/mol. The second-order valence-corrected chi connectivity index (χ2v) is 6.43. The van der Waals surface area contributed by atoms with Crippen molar-refractivity contribution in [1.82, 2.24) is 10.3 Å². The molecule has 0 fully saturated rings. The summed E-state index contributed by atoms with van der Waals surface area (Å²) in [6.07, 6.45) is 2.51. The molecule has 22 heavy (non-hydrogen) atoms. The Morgan fingerprint density at radius 2 is 2.05 bits per heavy atom. The number of carbonyl (C=O) groups is 2. The topological polar surface area (TPSA) is 71.1 Å². The van der Waals surface area contributed by atoms with Crippen LogP contribution in [0.2, 0.25) is 0 Å². The van der Waals surface area contributed by atoms with Gasteiger partial charge in [-0.2, -0.15) is 0 Å². The maximum atomic E-state index is 12.1. The molecule has 2 amide bonds. The molecule has 1 atom stereocenters. The molecule has 1 aromatic heterocycles. The number of fused-ring (bicyclic) bond motifs is 1. The van der Waals surface area contributed by atoms with Gasteiger partial charge in [0.05, 0.1) is 5.69 Å². The van der Waals surface area contributed by atoms with E-state index >= 15 is 0 Å². The van der Waals surface area contributed by atoms with Crippen molar-refractivity contribution in [3.05, 3.63) is 46.5 Å². The van der Waals surface area contributed by atoms with E-state index in [1.54, 1.807) is 12.1 Å². The second kappa shape index (κ2) is 6.27. The Labute approximate surface area is 132 Å². The minimum absolute atomic E-state index is 0.00410. The van der Waals surface area contributed by atoms with Gasteiger partial charge in [0.1, 0.15) is 0 Å². The molecule has 2 aromatic rings. The number of carbonyl (C=O) groups excluding carboxylic acids is 2. The van der Waals surface area contributed by atoms with Crippen molar-refractivity contribution in [3.8, 4) is 0 Å². The van der Waals surface area contributed by atoms with Crippen molar-refractivity contribution in [2.45, 2.75) is 32.2 Å². The highest BCUT2D eigenvalue weighted by molar-refractivity contribution is 7.15. The van der Waals surface area contributed by atoms with Gasteiger partial charge < -0.3 is 5.32 Å². The molecule has 0 aliphatic heterocycles. The summed E-state index contributed by atoms with van der Waals surface area (Å²) in [6.45, 7) is 1.54. The highest BCUT2D eigenvalue weighted by atomic mass is 32.1. The largest absolute Gasteiger partial charge is 0.353 e. The predicted octanol–water partition coefficient (Wildman–Crippen LogP) is 2.39. The van der Waals surface area contributed by atoms with Gasteiger partial charge in [-0.15, -0.1) is 11.3 Å². The van der Waals surface area contributed by atoms with E-state index in [2.05, 4.69) is 15.6 Å². The van der Waals surface area contributed by atoms with E-state index in [4.69, 9.17) is 0 Å². The zero-order valence-electron chi connectivity index (χ0n) is 12.3. The van der Waals surface area contributed by atoms with E-state index in [0.717, 1.165) is 29.8 Å². The fourth-order valence-corrected chi connectivity index (χ4v) is 3.68. The smallest absolute Gasteiger partial charge is 0.257 e. The van der Waals surface area contributed by atoms with Gasteiger partial charge in [0.25, 0.3) is 5.91 Å². The third kappa shape index (κ3) is 3.33. The van der Waals surface area contributed by atoms with Crippen LogP contribution < -0.4 is 10.6 Å². The quantitative estimate of drug-likeness (QED) is 0.913. The molecule has 0 radical (unpaired) electrons. The van der Waals surface area contributed by atoms with E-state index in [0.29, 0.717) is 10.7 Å². The Hall–Kier alpha value is -2.21. The van der Waals surface area contributed by atoms with Crippen LogP contribution in [0.25, 0.3) is 0 Å². The van der Waals surface area contributed by atoms with Crippen LogP contribution in [0.5, 0.6) is 0 Å². The highest BCUT2D eigenvalue weighted by Gasteiger charge is 2.23. The van der Waals surface area contributed by atoms with Crippen LogP contribution in [0.3, 0.4) is 0 Å². The molecule has 1 unspecified atom stereocenters. The number of aryl methyl sites for hydroxylation is 1. The maximum absolute atomic E-state index is 12.1. The molecule has 0 saturated heterocycles. The summed E-state index contributed by atoms with van der Waals surface area (Å²) in [7, 11) is 0. The third-order valence-electron chi connectivity index (χ3n) is 3.60. The molecule has 1 aliphatic rings. The molecular weight excluding hydrogens is 298 g/mol. The Morgan fingerprint density at radius 1 is 1.27 bits per heavy atom. The molecule has 0 saturated carbocycles. The number of rotatable bonds is 3. The Bertz CT molecular complexity index is 697. The van der Waals surface area contributed by atoms with Gasteiger partial charge in [0.15, 0.2) is 5.13 Å². The zero-order chi connectivity index (χ0) is 15.5. The van der Waals surface area contributed by atoms with Crippen molar-refractivity contribution in [2.75, 3.05) is 5.32 Å². The molecule has 1 aliphatic carbocycles. The van der Waals surface area contributed by atoms with Crippen LogP contribution >= 0.6 is 11.3 Å². The number of thiazole rings is 1. The van der Waals surface area contributed by atoms with Gasteiger partial charge in [-0.1, -0.05) is 18.2 Å². The first kappa shape index (κ1) is 14.7. The Morgan fingerprint density at radius 3 is 2.77 bits per heavy atom. The SMILES string of the molecule is CC(=O)NC1CCc2nc(NC(=O)c3ccccc3)sc2C1. The number of nitrogens with zero attached hydrogens (tertiary/aromatic N) is 1. The maximum Gasteiger partial charge on any atom is 0.257 e. The number of anilines is 1. The molecule has 5 nitrogen and oxygen atoms in total. The molecule has 2 N–H and O–H groups in total. The Balaban J connectivity index is 1.69. The number of nitrogens with one attached hydrogen (secondary N) is 2. The van der Waals surface area contributed by atoms with Gasteiger partial charge in [-0.3, -0.25) is 14.9 Å². The average Bonchev–Trinajstić information content (AvgIpc) is 2.89. The first-order valence-electron chi connectivity index (χ1n) is 7.24. The summed E-state index contributed by atoms with van der Waals surface area (Å²) < 4.78 is 0. The summed E-state index contributed by atoms with van der Waals surface area (Å²) >= 11 is 1.49. The van der Waals surface area contributed by atoms with Crippen LogP contribution in [-0.4, -0.2) is 22.8 Å². The van der Waals surface area contributed by atoms with E-state index in [1.165, 1.54) is 18.3 Å². The first-order chi connectivity index (χ1) is 10.6. The van der Waals surface area contributed by atoms with E-state index < -0.39 is 0 Å². The van der Waals surface area contributed by atoms with Crippen LogP contribution in [0.4, 0.5) is 5.13 Å². The van der Waals surface area contributed by atoms with Gasteiger partial charge >= 0.3 is 0 Å². The standard InChI is InChI=1S/C16H17N3O2S/c1-10(20)17-12-7-8-13-14(9-12)22-16(18-13)19-15(21)11-5-3-2-4-6-11/h2-6,12H,7-9H2,1H3,(H,17,20)(H,18,19,21). The van der Waals surface area contributed by atoms with Crippen molar-refractivity contribution in [2.24, 2.45) is 0 Å². The highest BCUT2D eigenvalue weighted by Crippen LogP contribution is 2.30. The zero-order valence-corrected chi connectivity index (χ0v) is 13.1. The Kier molecular flexibility index (Phi) is 4.20. The van der Waals surface area contributed by atoms with Crippen LogP contribution in [0.15, 0.2) is 30.3 Å². The molecule has 1 aromatic carbocycles. The lowest BCUT2D eigenvalue weighted by atomic mass is 9.98. The van der Waals surface area contributed by atoms with Gasteiger partial charge in [0.2, 0.25) is 5.91 Å². The number of hydrogen-bond donors (Lipinski definition) is 2. The summed E-state index contributed by atoms with van der Waals surface area (Å²) in [4.78, 5) is 28.9. The monoisotopic (exact) mass is 315 g/mol. The molecule has 6 heteroatoms. The van der Waals surface area contributed by atoms with Crippen LogP contribution in [-0.2, 0) is 17.6 Å². The summed E-state index contributed by atoms with van der Waals surface area (Å²) in [5, 5.41) is 6.43. The van der Waals surface area contributed by atoms with Crippen LogP contribution in [0, 0.1) is 0 Å². The molecule has 0 bridgehead atoms. The van der Waals surface area contributed by atoms with Gasteiger partial charge in [0, 0.05) is 29.8 Å². The second-order valence-electron chi connectivity index (χ2n) is 5.35. The van der Waals surface area contributed by atoms with Crippen molar-refractivity contribution < 1.29 is 9.59 Å². The number of amides is 2. The molecule has 3 rings (SSSR count). The molecule has 0 spiro atoms. The minimum atomic E-state index is -0.148. The summed E-state index contributed by atoms with van der Waals surface area (Å²) in [6, 6.07) is 9.26. The van der Waals surface area contributed by atoms with Crippen molar-refractivity contribution >= 4 is 28.3 Å². The first-order valence-corrected chi connectivity index (χ1v) is 8.05. The average molecular weight is 315 g/mol. The number of aromatic nitrogens is 1. The van der Waals surface area contributed by atoms with Crippen LogP contribution in [0.1, 0.15) is 34.3 Å². The lowest BCUT2D eigenvalue weighted by Gasteiger charge is -2.21. The van der Waals surface area contributed by atoms with Gasteiger partial charge in [-0.25, -0.2) is 4.98 Å². The van der Waals surface area contributed by atoms with E-state index in [-0.39, 0.29) is 17.9 Å². The normalized spacial score (nSPS) is 16.7. The molecule has 114 valence electrons. The minimum Gasteiger partial charge on any atom is -0.353 e. The fourth-order valence-electron chi connectivity index (χ4n) is 2.60. The number of benzene rings is 1. The van der Waals surface area contributed by atoms with Crippen molar-refractivity contribution in [1.29, 1.82) is 0 Å². The van der Waals surface area contributed by atoms with Gasteiger partial charge in [-0.05, 0) is 25.0 Å². The summed E-state index contributed by atoms with van der Waals surface area (Å²) in [5.74, 6) is -0.152. The lowest BCUT2D eigenvalue weighted by Crippen LogP contribution is -2.37. The molecular formula is C16H17N3O2S. The lowest BCUT2D eigenvalue weighted by molar-refractivity contribution is -0.119. The molecule has 1 heterocycles. The van der Waals surface area contributed by atoms with Crippen molar-refractivity contribution in [3.63, 3.8) is 0 Å². The van der Waals surface area contributed by atoms with E-state index in [9.17, 15) is 9.59 Å². The fraction of sp³-hybridized carbons (Fsp3) is 0.312.